The van der Waals surface area contributed by atoms with Gasteiger partial charge in [-0.2, -0.15) is 5.26 Å². The van der Waals surface area contributed by atoms with Gasteiger partial charge in [-0.25, -0.2) is 0 Å². The molecule has 0 unspecified atom stereocenters. The van der Waals surface area contributed by atoms with Gasteiger partial charge in [0, 0.05) is 13.1 Å². The first-order valence-electron chi connectivity index (χ1n) is 6.94. The van der Waals surface area contributed by atoms with Crippen molar-refractivity contribution in [2.24, 2.45) is 11.3 Å². The summed E-state index contributed by atoms with van der Waals surface area (Å²) >= 11 is 0. The largest absolute Gasteiger partial charge is 0.312 e. The predicted molar refractivity (Wildman–Crippen MR) is 72.0 cm³/mol. The molecule has 2 nitrogen and oxygen atoms in total. The molecule has 0 aromatic heterocycles. The lowest BCUT2D eigenvalue weighted by Crippen LogP contribution is -2.25. The van der Waals surface area contributed by atoms with Gasteiger partial charge in [-0.3, -0.25) is 0 Å². The molecule has 2 fully saturated rings. The number of aryl methyl sites for hydroxylation is 1. The first-order chi connectivity index (χ1) is 8.73. The molecule has 2 aliphatic rings. The van der Waals surface area contributed by atoms with Crippen LogP contribution >= 0.6 is 0 Å². The third-order valence-electron chi connectivity index (χ3n) is 4.60. The number of rotatable bonds is 5. The van der Waals surface area contributed by atoms with E-state index in [9.17, 15) is 0 Å². The second kappa shape index (κ2) is 4.40. The molecule has 18 heavy (non-hydrogen) atoms. The molecule has 3 rings (SSSR count). The summed E-state index contributed by atoms with van der Waals surface area (Å²) in [6.07, 6.45) is 5.77. The lowest BCUT2D eigenvalue weighted by atomic mass is 10.0. The van der Waals surface area contributed by atoms with Crippen LogP contribution in [0.15, 0.2) is 18.2 Å². The first-order valence-corrected chi connectivity index (χ1v) is 6.94. The van der Waals surface area contributed by atoms with Crippen LogP contribution in [0, 0.1) is 29.6 Å². The van der Waals surface area contributed by atoms with Crippen molar-refractivity contribution in [3.63, 3.8) is 0 Å². The molecule has 0 amide bonds. The lowest BCUT2D eigenvalue weighted by Gasteiger charge is -2.15. The van der Waals surface area contributed by atoms with E-state index in [1.165, 1.54) is 43.4 Å². The average Bonchev–Trinajstić information content (AvgIpc) is 3.24. The van der Waals surface area contributed by atoms with Gasteiger partial charge in [0.25, 0.3) is 0 Å². The van der Waals surface area contributed by atoms with Crippen molar-refractivity contribution in [3.05, 3.63) is 34.9 Å². The van der Waals surface area contributed by atoms with E-state index in [2.05, 4.69) is 24.4 Å². The fraction of sp³-hybridized carbons (Fsp3) is 0.562. The molecular weight excluding hydrogens is 220 g/mol. The number of nitriles is 1. The van der Waals surface area contributed by atoms with Crippen molar-refractivity contribution in [1.82, 2.24) is 5.32 Å². The van der Waals surface area contributed by atoms with Crippen LogP contribution in [0.3, 0.4) is 0 Å². The highest BCUT2D eigenvalue weighted by molar-refractivity contribution is 5.37. The predicted octanol–water partition coefficient (Wildman–Crippen LogP) is 3.15. The summed E-state index contributed by atoms with van der Waals surface area (Å²) in [7, 11) is 0. The zero-order chi connectivity index (χ0) is 12.6. The van der Waals surface area contributed by atoms with E-state index in [-0.39, 0.29) is 0 Å². The van der Waals surface area contributed by atoms with Crippen molar-refractivity contribution in [2.45, 2.75) is 39.2 Å². The van der Waals surface area contributed by atoms with Gasteiger partial charge < -0.3 is 5.32 Å². The van der Waals surface area contributed by atoms with E-state index in [4.69, 9.17) is 5.26 Å². The molecule has 94 valence electrons. The normalized spacial score (nSPS) is 20.4. The van der Waals surface area contributed by atoms with E-state index in [1.807, 2.05) is 12.1 Å². The number of hydrogen-bond donors (Lipinski definition) is 1. The molecule has 1 aromatic carbocycles. The lowest BCUT2D eigenvalue weighted by molar-refractivity contribution is 0.403. The van der Waals surface area contributed by atoms with Gasteiger partial charge in [0.05, 0.1) is 11.6 Å². The Balaban J connectivity index is 1.55. The molecule has 0 heterocycles. The maximum absolute atomic E-state index is 8.85. The molecule has 0 saturated heterocycles. The fourth-order valence-electron chi connectivity index (χ4n) is 3.00. The maximum atomic E-state index is 8.85. The van der Waals surface area contributed by atoms with Crippen LogP contribution in [0.4, 0.5) is 0 Å². The molecule has 0 radical (unpaired) electrons. The summed E-state index contributed by atoms with van der Waals surface area (Å²) in [5.41, 5.74) is 3.96. The number of benzene rings is 1. The highest BCUT2D eigenvalue weighted by Gasteiger charge is 2.53. The molecule has 2 heteroatoms. The monoisotopic (exact) mass is 240 g/mol. The SMILES string of the molecule is Cc1cc(C#N)ccc1CNCC1(C2CC2)CC1. The van der Waals surface area contributed by atoms with Gasteiger partial charge in [-0.1, -0.05) is 6.07 Å². The van der Waals surface area contributed by atoms with E-state index in [1.54, 1.807) is 0 Å². The Bertz CT molecular complexity index is 490. The minimum absolute atomic E-state index is 0.667. The molecule has 1 aromatic rings. The highest BCUT2D eigenvalue weighted by Crippen LogP contribution is 2.60. The molecule has 2 saturated carbocycles. The molecule has 0 spiro atoms. The topological polar surface area (TPSA) is 35.8 Å². The first kappa shape index (κ1) is 11.7. The summed E-state index contributed by atoms with van der Waals surface area (Å²) in [5.74, 6) is 1.02. The van der Waals surface area contributed by atoms with Crippen molar-refractivity contribution in [2.75, 3.05) is 6.54 Å². The second-order valence-electron chi connectivity index (χ2n) is 5.99. The van der Waals surface area contributed by atoms with Gasteiger partial charge in [0.1, 0.15) is 0 Å². The minimum Gasteiger partial charge on any atom is -0.312 e. The number of hydrogen-bond acceptors (Lipinski definition) is 2. The van der Waals surface area contributed by atoms with Crippen LogP contribution in [0.2, 0.25) is 0 Å². The zero-order valence-electron chi connectivity index (χ0n) is 11.0. The van der Waals surface area contributed by atoms with Gasteiger partial charge in [-0.15, -0.1) is 0 Å². The van der Waals surface area contributed by atoms with Gasteiger partial charge in [0.2, 0.25) is 0 Å². The summed E-state index contributed by atoms with van der Waals surface area (Å²) in [5, 5.41) is 12.5. The summed E-state index contributed by atoms with van der Waals surface area (Å²) in [6.45, 7) is 4.20. The Hall–Kier alpha value is -1.33. The van der Waals surface area contributed by atoms with Crippen LogP contribution in [0.25, 0.3) is 0 Å². The van der Waals surface area contributed by atoms with E-state index >= 15 is 0 Å². The number of nitrogens with zero attached hydrogens (tertiary/aromatic N) is 1. The van der Waals surface area contributed by atoms with Gasteiger partial charge in [0.15, 0.2) is 0 Å². The summed E-state index contributed by atoms with van der Waals surface area (Å²) in [4.78, 5) is 0. The van der Waals surface area contributed by atoms with Crippen LogP contribution in [0.5, 0.6) is 0 Å². The van der Waals surface area contributed by atoms with E-state index in [0.717, 1.165) is 18.0 Å². The van der Waals surface area contributed by atoms with Crippen LogP contribution in [-0.2, 0) is 6.54 Å². The minimum atomic E-state index is 0.667. The Morgan fingerprint density at radius 2 is 2.17 bits per heavy atom. The Morgan fingerprint density at radius 1 is 1.39 bits per heavy atom. The highest BCUT2D eigenvalue weighted by atomic mass is 14.9. The molecule has 2 aliphatic carbocycles. The Kier molecular flexibility index (Phi) is 2.87. The van der Waals surface area contributed by atoms with Gasteiger partial charge >= 0.3 is 0 Å². The standard InChI is InChI=1S/C16H20N2/c1-12-8-13(9-17)2-3-14(12)10-18-11-16(6-7-16)15-4-5-15/h2-3,8,15,18H,4-7,10-11H2,1H3. The summed E-state index contributed by atoms with van der Waals surface area (Å²) < 4.78 is 0. The smallest absolute Gasteiger partial charge is 0.0991 e. The third-order valence-corrected chi connectivity index (χ3v) is 4.60. The quantitative estimate of drug-likeness (QED) is 0.858. The molecule has 1 N–H and O–H groups in total. The van der Waals surface area contributed by atoms with Crippen molar-refractivity contribution in [1.29, 1.82) is 5.26 Å². The zero-order valence-corrected chi connectivity index (χ0v) is 11.0. The summed E-state index contributed by atoms with van der Waals surface area (Å²) in [6, 6.07) is 8.16. The molecule has 0 atom stereocenters. The van der Waals surface area contributed by atoms with Crippen molar-refractivity contribution >= 4 is 0 Å². The van der Waals surface area contributed by atoms with E-state index < -0.39 is 0 Å². The van der Waals surface area contributed by atoms with Gasteiger partial charge in [-0.05, 0) is 67.2 Å². The molecule has 0 aliphatic heterocycles. The maximum Gasteiger partial charge on any atom is 0.0991 e. The third kappa shape index (κ3) is 2.28. The number of nitrogens with one attached hydrogen (secondary N) is 1. The Labute approximate surface area is 109 Å². The fourth-order valence-corrected chi connectivity index (χ4v) is 3.00. The van der Waals surface area contributed by atoms with Crippen LogP contribution in [0.1, 0.15) is 42.4 Å². The second-order valence-corrected chi connectivity index (χ2v) is 5.99. The average molecular weight is 240 g/mol. The molecular formula is C16H20N2. The van der Waals surface area contributed by atoms with Crippen LogP contribution in [-0.4, -0.2) is 6.54 Å². The van der Waals surface area contributed by atoms with E-state index in [0.29, 0.717) is 5.41 Å². The van der Waals surface area contributed by atoms with Crippen molar-refractivity contribution in [3.8, 4) is 6.07 Å². The molecule has 0 bridgehead atoms. The van der Waals surface area contributed by atoms with Crippen LogP contribution < -0.4 is 5.32 Å². The van der Waals surface area contributed by atoms with Crippen molar-refractivity contribution < 1.29 is 0 Å². The Morgan fingerprint density at radius 3 is 2.72 bits per heavy atom.